The minimum absolute atomic E-state index is 0.0319. The predicted molar refractivity (Wildman–Crippen MR) is 113 cm³/mol. The fourth-order valence-corrected chi connectivity index (χ4v) is 4.46. The van der Waals surface area contributed by atoms with E-state index in [1.165, 1.54) is 29.2 Å². The predicted octanol–water partition coefficient (Wildman–Crippen LogP) is 2.70. The van der Waals surface area contributed by atoms with Crippen molar-refractivity contribution in [3.8, 4) is 0 Å². The monoisotopic (exact) mass is 475 g/mol. The second kappa shape index (κ2) is 8.15. The molecule has 1 unspecified atom stereocenters. The van der Waals surface area contributed by atoms with Crippen LogP contribution in [0.3, 0.4) is 0 Å². The number of benzene rings is 2. The van der Waals surface area contributed by atoms with E-state index in [2.05, 4.69) is 0 Å². The summed E-state index contributed by atoms with van der Waals surface area (Å²) in [5.41, 5.74) is 4.41. The Kier molecular flexibility index (Phi) is 5.58. The van der Waals surface area contributed by atoms with Gasteiger partial charge in [-0.3, -0.25) is 24.1 Å². The van der Waals surface area contributed by atoms with Gasteiger partial charge < -0.3 is 15.7 Å². The number of aliphatic carboxylic acids is 1. The molecule has 2 heterocycles. The highest BCUT2D eigenvalue weighted by atomic mass is 19.4. The number of alkyl halides is 3. The molecular formula is C23H20F3N3O5. The molecule has 1 atom stereocenters. The quantitative estimate of drug-likeness (QED) is 0.377. The average molecular weight is 475 g/mol. The van der Waals surface area contributed by atoms with Gasteiger partial charge in [-0.25, -0.2) is 0 Å². The van der Waals surface area contributed by atoms with Gasteiger partial charge in [0.15, 0.2) is 5.41 Å². The number of nitrogen functional groups attached to an aromatic ring is 1. The van der Waals surface area contributed by atoms with Crippen molar-refractivity contribution in [2.75, 3.05) is 17.2 Å². The molecule has 1 saturated heterocycles. The van der Waals surface area contributed by atoms with Crippen LogP contribution < -0.4 is 10.6 Å². The molecule has 0 bridgehead atoms. The zero-order chi connectivity index (χ0) is 24.8. The van der Waals surface area contributed by atoms with Gasteiger partial charge >= 0.3 is 12.1 Å². The number of hydrogen-bond donors (Lipinski definition) is 2. The van der Waals surface area contributed by atoms with E-state index in [0.29, 0.717) is 11.3 Å². The van der Waals surface area contributed by atoms with Crippen molar-refractivity contribution >= 4 is 35.1 Å². The van der Waals surface area contributed by atoms with Gasteiger partial charge in [-0.05, 0) is 42.3 Å². The van der Waals surface area contributed by atoms with Gasteiger partial charge in [0.05, 0.1) is 18.5 Å². The van der Waals surface area contributed by atoms with Gasteiger partial charge in [0.2, 0.25) is 17.7 Å². The summed E-state index contributed by atoms with van der Waals surface area (Å²) in [6.07, 6.45) is -5.02. The van der Waals surface area contributed by atoms with E-state index in [9.17, 15) is 32.3 Å². The summed E-state index contributed by atoms with van der Waals surface area (Å²) in [4.78, 5) is 53.0. The summed E-state index contributed by atoms with van der Waals surface area (Å²) in [7, 11) is 0. The number of carbonyl (C=O) groups is 4. The Morgan fingerprint density at radius 2 is 1.68 bits per heavy atom. The maximum absolute atomic E-state index is 13.5. The number of anilines is 2. The Hall–Kier alpha value is -3.89. The first-order chi connectivity index (χ1) is 15.9. The van der Waals surface area contributed by atoms with Gasteiger partial charge in [0.1, 0.15) is 0 Å². The summed E-state index contributed by atoms with van der Waals surface area (Å²) in [5, 5.41) is 8.92. The maximum atomic E-state index is 13.5. The summed E-state index contributed by atoms with van der Waals surface area (Å²) in [6, 6.07) is 8.61. The zero-order valence-corrected chi connectivity index (χ0v) is 17.8. The molecule has 3 amide bonds. The molecule has 34 heavy (non-hydrogen) atoms. The van der Waals surface area contributed by atoms with Crippen LogP contribution in [-0.2, 0) is 37.3 Å². The summed E-state index contributed by atoms with van der Waals surface area (Å²) < 4.78 is 38.5. The molecule has 0 saturated carbocycles. The lowest BCUT2D eigenvalue weighted by atomic mass is 9.80. The minimum atomic E-state index is -4.52. The summed E-state index contributed by atoms with van der Waals surface area (Å²) in [6.45, 7) is -0.258. The number of carboxylic acid groups (broad SMARTS) is 1. The number of carboxylic acids is 1. The van der Waals surface area contributed by atoms with E-state index in [1.807, 2.05) is 0 Å². The molecule has 2 aromatic rings. The molecule has 2 aliphatic rings. The third-order valence-corrected chi connectivity index (χ3v) is 6.10. The third-order valence-electron chi connectivity index (χ3n) is 6.10. The molecule has 8 nitrogen and oxygen atoms in total. The van der Waals surface area contributed by atoms with Crippen molar-refractivity contribution in [3.05, 3.63) is 59.2 Å². The van der Waals surface area contributed by atoms with Crippen LogP contribution in [-0.4, -0.2) is 40.2 Å². The number of fused-ring (bicyclic) bond motifs is 2. The highest BCUT2D eigenvalue weighted by Gasteiger charge is 2.63. The van der Waals surface area contributed by atoms with Crippen molar-refractivity contribution in [2.24, 2.45) is 0 Å². The lowest BCUT2D eigenvalue weighted by molar-refractivity contribution is -0.143. The lowest BCUT2D eigenvalue weighted by Gasteiger charge is -2.22. The largest absolute Gasteiger partial charge is 0.481 e. The fourth-order valence-electron chi connectivity index (χ4n) is 4.46. The van der Waals surface area contributed by atoms with E-state index >= 15 is 0 Å². The van der Waals surface area contributed by atoms with Gasteiger partial charge in [-0.15, -0.1) is 0 Å². The smallest absolute Gasteiger partial charge is 0.416 e. The van der Waals surface area contributed by atoms with Crippen LogP contribution in [0.2, 0.25) is 0 Å². The molecule has 2 aromatic carbocycles. The number of amides is 3. The first-order valence-electron chi connectivity index (χ1n) is 10.4. The van der Waals surface area contributed by atoms with Crippen LogP contribution in [0.15, 0.2) is 42.5 Å². The molecule has 1 spiro atoms. The number of carbonyl (C=O) groups excluding carboxylic acids is 3. The normalized spacial score (nSPS) is 19.9. The molecule has 0 aromatic heterocycles. The number of nitrogens with two attached hydrogens (primary N) is 1. The Morgan fingerprint density at radius 3 is 2.29 bits per heavy atom. The van der Waals surface area contributed by atoms with Gasteiger partial charge in [-0.2, -0.15) is 13.2 Å². The highest BCUT2D eigenvalue weighted by Crippen LogP contribution is 2.49. The van der Waals surface area contributed by atoms with Gasteiger partial charge in [0, 0.05) is 29.9 Å². The molecule has 0 radical (unpaired) electrons. The standard InChI is InChI=1S/C23H20F3N3O5/c24-23(25,26)14-5-3-13(4-6-14)12-29-18(30)11-22(21(29)34)16-10-15(27)7-8-17(16)28(20(22)33)9-1-2-19(31)32/h3-8,10H,1-2,9,11-12,27H2,(H,31,32). The van der Waals surface area contributed by atoms with Crippen molar-refractivity contribution in [2.45, 2.75) is 37.4 Å². The average Bonchev–Trinajstić information content (AvgIpc) is 3.14. The number of nitrogens with zero attached hydrogens (tertiary/aromatic N) is 2. The van der Waals surface area contributed by atoms with Crippen LogP contribution in [0.4, 0.5) is 24.5 Å². The number of halogens is 3. The number of hydrogen-bond acceptors (Lipinski definition) is 5. The Bertz CT molecular complexity index is 1200. The molecule has 0 aliphatic carbocycles. The SMILES string of the molecule is Nc1ccc2c(c1)C1(CC(=O)N(Cc3ccc(C(F)(F)F)cc3)C1=O)C(=O)N2CCCC(=O)O. The van der Waals surface area contributed by atoms with Crippen LogP contribution in [0.25, 0.3) is 0 Å². The first-order valence-corrected chi connectivity index (χ1v) is 10.4. The number of likely N-dealkylation sites (tertiary alicyclic amines) is 1. The molecule has 178 valence electrons. The number of rotatable bonds is 6. The minimum Gasteiger partial charge on any atom is -0.481 e. The fraction of sp³-hybridized carbons (Fsp3) is 0.304. The Labute approximate surface area is 191 Å². The highest BCUT2D eigenvalue weighted by molar-refractivity contribution is 6.28. The van der Waals surface area contributed by atoms with Gasteiger partial charge in [-0.1, -0.05) is 12.1 Å². The topological polar surface area (TPSA) is 121 Å². The van der Waals surface area contributed by atoms with Crippen LogP contribution in [0.5, 0.6) is 0 Å². The Morgan fingerprint density at radius 1 is 1.03 bits per heavy atom. The van der Waals surface area contributed by atoms with Crippen LogP contribution >= 0.6 is 0 Å². The molecule has 4 rings (SSSR count). The first kappa shape index (κ1) is 23.3. The molecule has 3 N–H and O–H groups in total. The van der Waals surface area contributed by atoms with E-state index in [0.717, 1.165) is 17.0 Å². The van der Waals surface area contributed by atoms with E-state index < -0.39 is 47.3 Å². The van der Waals surface area contributed by atoms with E-state index in [-0.39, 0.29) is 37.2 Å². The van der Waals surface area contributed by atoms with Crippen molar-refractivity contribution in [1.29, 1.82) is 0 Å². The van der Waals surface area contributed by atoms with Gasteiger partial charge in [0.25, 0.3) is 0 Å². The lowest BCUT2D eigenvalue weighted by Crippen LogP contribution is -2.46. The molecule has 11 heteroatoms. The third kappa shape index (κ3) is 3.76. The zero-order valence-electron chi connectivity index (χ0n) is 17.8. The van der Waals surface area contributed by atoms with Crippen molar-refractivity contribution < 1.29 is 37.5 Å². The van der Waals surface area contributed by atoms with Crippen LogP contribution in [0.1, 0.15) is 36.0 Å². The Balaban J connectivity index is 1.65. The van der Waals surface area contributed by atoms with Crippen molar-refractivity contribution in [1.82, 2.24) is 4.90 Å². The van der Waals surface area contributed by atoms with E-state index in [4.69, 9.17) is 10.8 Å². The van der Waals surface area contributed by atoms with Crippen LogP contribution in [0, 0.1) is 0 Å². The van der Waals surface area contributed by atoms with Crippen molar-refractivity contribution in [3.63, 3.8) is 0 Å². The maximum Gasteiger partial charge on any atom is 0.416 e. The van der Waals surface area contributed by atoms with E-state index in [1.54, 1.807) is 6.07 Å². The second-order valence-corrected chi connectivity index (χ2v) is 8.29. The number of imide groups is 1. The summed E-state index contributed by atoms with van der Waals surface area (Å²) in [5.74, 6) is -3.10. The molecule has 1 fully saturated rings. The second-order valence-electron chi connectivity index (χ2n) is 8.29. The molecular weight excluding hydrogens is 455 g/mol. The molecule has 2 aliphatic heterocycles. The summed E-state index contributed by atoms with van der Waals surface area (Å²) >= 11 is 0.